The molecule has 0 aromatic heterocycles. The van der Waals surface area contributed by atoms with Crippen LogP contribution in [0.1, 0.15) is 12.0 Å². The summed E-state index contributed by atoms with van der Waals surface area (Å²) in [6.07, 6.45) is 0.658. The van der Waals surface area contributed by atoms with Gasteiger partial charge in [-0.1, -0.05) is 23.7 Å². The van der Waals surface area contributed by atoms with Crippen molar-refractivity contribution >= 4 is 23.4 Å². The molecule has 6 heteroatoms. The second-order valence-electron chi connectivity index (χ2n) is 5.03. The van der Waals surface area contributed by atoms with Gasteiger partial charge < -0.3 is 15.5 Å². The van der Waals surface area contributed by atoms with Crippen LogP contribution in [0.25, 0.3) is 0 Å². The van der Waals surface area contributed by atoms with Gasteiger partial charge in [-0.25, -0.2) is 0 Å². The average molecular weight is 310 g/mol. The predicted octanol–water partition coefficient (Wildman–Crippen LogP) is 0.821. The summed E-state index contributed by atoms with van der Waals surface area (Å²) >= 11 is 5.79. The SMILES string of the molecule is O=C(Cc1ccc(Cl)cc1)NCCC(=O)N1CCNCC1. The summed E-state index contributed by atoms with van der Waals surface area (Å²) in [6.45, 7) is 3.56. The lowest BCUT2D eigenvalue weighted by Crippen LogP contribution is -2.47. The van der Waals surface area contributed by atoms with Gasteiger partial charge in [0.25, 0.3) is 0 Å². The van der Waals surface area contributed by atoms with Crippen molar-refractivity contribution in [1.29, 1.82) is 0 Å². The number of nitrogens with one attached hydrogen (secondary N) is 2. The Kier molecular flexibility index (Phi) is 6.02. The van der Waals surface area contributed by atoms with Crippen molar-refractivity contribution in [2.45, 2.75) is 12.8 Å². The number of carbonyl (C=O) groups is 2. The number of benzene rings is 1. The van der Waals surface area contributed by atoms with Crippen LogP contribution in [0.5, 0.6) is 0 Å². The van der Waals surface area contributed by atoms with Crippen molar-refractivity contribution in [1.82, 2.24) is 15.5 Å². The van der Waals surface area contributed by atoms with Crippen LogP contribution in [-0.2, 0) is 16.0 Å². The number of amides is 2. The second kappa shape index (κ2) is 8.00. The van der Waals surface area contributed by atoms with Crippen LogP contribution in [-0.4, -0.2) is 49.4 Å². The number of hydrogen-bond acceptors (Lipinski definition) is 3. The maximum atomic E-state index is 11.9. The third kappa shape index (κ3) is 5.36. The van der Waals surface area contributed by atoms with Gasteiger partial charge in [-0.2, -0.15) is 0 Å². The van der Waals surface area contributed by atoms with Crippen molar-refractivity contribution in [2.75, 3.05) is 32.7 Å². The van der Waals surface area contributed by atoms with E-state index in [1.54, 1.807) is 12.1 Å². The van der Waals surface area contributed by atoms with Gasteiger partial charge in [0.05, 0.1) is 6.42 Å². The number of rotatable bonds is 5. The molecule has 114 valence electrons. The summed E-state index contributed by atoms with van der Waals surface area (Å²) in [5.41, 5.74) is 0.908. The first-order valence-electron chi connectivity index (χ1n) is 7.15. The Bertz CT molecular complexity index is 484. The summed E-state index contributed by atoms with van der Waals surface area (Å²) in [4.78, 5) is 25.5. The first-order chi connectivity index (χ1) is 10.1. The van der Waals surface area contributed by atoms with E-state index in [4.69, 9.17) is 11.6 Å². The van der Waals surface area contributed by atoms with Crippen LogP contribution in [0.15, 0.2) is 24.3 Å². The van der Waals surface area contributed by atoms with Crippen LogP contribution in [0.4, 0.5) is 0 Å². The lowest BCUT2D eigenvalue weighted by Gasteiger charge is -2.27. The molecule has 1 aliphatic rings. The first-order valence-corrected chi connectivity index (χ1v) is 7.52. The molecule has 2 N–H and O–H groups in total. The van der Waals surface area contributed by atoms with Crippen LogP contribution < -0.4 is 10.6 Å². The van der Waals surface area contributed by atoms with Gasteiger partial charge in [0.15, 0.2) is 0 Å². The zero-order chi connectivity index (χ0) is 15.1. The quantitative estimate of drug-likeness (QED) is 0.846. The summed E-state index contributed by atoms with van der Waals surface area (Å²) in [5, 5.41) is 6.64. The molecule has 0 unspecified atom stereocenters. The van der Waals surface area contributed by atoms with Gasteiger partial charge in [-0.15, -0.1) is 0 Å². The van der Waals surface area contributed by atoms with Crippen LogP contribution in [0, 0.1) is 0 Å². The lowest BCUT2D eigenvalue weighted by molar-refractivity contribution is -0.131. The fourth-order valence-corrected chi connectivity index (χ4v) is 2.36. The molecule has 5 nitrogen and oxygen atoms in total. The van der Waals surface area contributed by atoms with Gasteiger partial charge >= 0.3 is 0 Å². The first kappa shape index (κ1) is 15.8. The Morgan fingerprint density at radius 1 is 1.19 bits per heavy atom. The fourth-order valence-electron chi connectivity index (χ4n) is 2.23. The third-order valence-electron chi connectivity index (χ3n) is 3.41. The van der Waals surface area contributed by atoms with E-state index in [9.17, 15) is 9.59 Å². The minimum atomic E-state index is -0.0783. The molecule has 0 spiro atoms. The summed E-state index contributed by atoms with van der Waals surface area (Å²) in [6, 6.07) is 7.18. The zero-order valence-corrected chi connectivity index (χ0v) is 12.7. The van der Waals surface area contributed by atoms with Crippen molar-refractivity contribution in [2.24, 2.45) is 0 Å². The number of hydrogen-bond donors (Lipinski definition) is 2. The molecule has 2 rings (SSSR count). The highest BCUT2D eigenvalue weighted by atomic mass is 35.5. The molecule has 21 heavy (non-hydrogen) atoms. The minimum Gasteiger partial charge on any atom is -0.355 e. The standard InChI is InChI=1S/C15H20ClN3O2/c16-13-3-1-12(2-4-13)11-14(20)18-6-5-15(21)19-9-7-17-8-10-19/h1-4,17H,5-11H2,(H,18,20). The van der Waals surface area contributed by atoms with Gasteiger partial charge in [0, 0.05) is 44.2 Å². The monoisotopic (exact) mass is 309 g/mol. The predicted molar refractivity (Wildman–Crippen MR) is 82.2 cm³/mol. The fraction of sp³-hybridized carbons (Fsp3) is 0.467. The Morgan fingerprint density at radius 2 is 1.86 bits per heavy atom. The molecular formula is C15H20ClN3O2. The highest BCUT2D eigenvalue weighted by Gasteiger charge is 2.15. The third-order valence-corrected chi connectivity index (χ3v) is 3.66. The van der Waals surface area contributed by atoms with E-state index in [-0.39, 0.29) is 11.8 Å². The van der Waals surface area contributed by atoms with E-state index in [1.807, 2.05) is 17.0 Å². The van der Waals surface area contributed by atoms with Crippen molar-refractivity contribution < 1.29 is 9.59 Å². The van der Waals surface area contributed by atoms with E-state index in [0.717, 1.165) is 31.7 Å². The van der Waals surface area contributed by atoms with E-state index < -0.39 is 0 Å². The van der Waals surface area contributed by atoms with Crippen molar-refractivity contribution in [3.05, 3.63) is 34.9 Å². The maximum Gasteiger partial charge on any atom is 0.224 e. The molecule has 1 saturated heterocycles. The Balaban J connectivity index is 1.66. The molecule has 1 heterocycles. The van der Waals surface area contributed by atoms with Gasteiger partial charge in [-0.3, -0.25) is 9.59 Å². The Hall–Kier alpha value is -1.59. The molecule has 1 aliphatic heterocycles. The molecule has 2 amide bonds. The van der Waals surface area contributed by atoms with E-state index >= 15 is 0 Å². The second-order valence-corrected chi connectivity index (χ2v) is 5.47. The molecule has 0 saturated carbocycles. The van der Waals surface area contributed by atoms with Gasteiger partial charge in [-0.05, 0) is 17.7 Å². The number of piperazine rings is 1. The number of carbonyl (C=O) groups excluding carboxylic acids is 2. The van der Waals surface area contributed by atoms with Crippen molar-refractivity contribution in [3.63, 3.8) is 0 Å². The number of nitrogens with zero attached hydrogens (tertiary/aromatic N) is 1. The van der Waals surface area contributed by atoms with E-state index in [1.165, 1.54) is 0 Å². The van der Waals surface area contributed by atoms with Crippen LogP contribution in [0.3, 0.4) is 0 Å². The van der Waals surface area contributed by atoms with Crippen LogP contribution in [0.2, 0.25) is 5.02 Å². The normalized spacial score (nSPS) is 14.8. The average Bonchev–Trinajstić information content (AvgIpc) is 2.50. The molecule has 1 aromatic rings. The lowest BCUT2D eigenvalue weighted by atomic mass is 10.1. The topological polar surface area (TPSA) is 61.4 Å². The molecular weight excluding hydrogens is 290 g/mol. The summed E-state index contributed by atoms with van der Waals surface area (Å²) in [5.74, 6) is 0.0220. The molecule has 0 aliphatic carbocycles. The maximum absolute atomic E-state index is 11.9. The minimum absolute atomic E-state index is 0.0783. The molecule has 1 aromatic carbocycles. The highest BCUT2D eigenvalue weighted by Crippen LogP contribution is 2.09. The molecule has 0 atom stereocenters. The summed E-state index contributed by atoms with van der Waals surface area (Å²) < 4.78 is 0. The Labute approximate surface area is 129 Å². The molecule has 1 fully saturated rings. The van der Waals surface area contributed by atoms with Crippen molar-refractivity contribution in [3.8, 4) is 0 Å². The van der Waals surface area contributed by atoms with Crippen LogP contribution >= 0.6 is 11.6 Å². The number of halogens is 1. The molecule has 0 bridgehead atoms. The van der Waals surface area contributed by atoms with Gasteiger partial charge in [0.2, 0.25) is 11.8 Å². The van der Waals surface area contributed by atoms with Gasteiger partial charge in [0.1, 0.15) is 0 Å². The van der Waals surface area contributed by atoms with E-state index in [2.05, 4.69) is 10.6 Å². The smallest absolute Gasteiger partial charge is 0.224 e. The summed E-state index contributed by atoms with van der Waals surface area (Å²) in [7, 11) is 0. The molecule has 0 radical (unpaired) electrons. The van der Waals surface area contributed by atoms with E-state index in [0.29, 0.717) is 24.4 Å². The zero-order valence-electron chi connectivity index (χ0n) is 11.9. The highest BCUT2D eigenvalue weighted by molar-refractivity contribution is 6.30. The largest absolute Gasteiger partial charge is 0.355 e. The Morgan fingerprint density at radius 3 is 2.52 bits per heavy atom.